The zero-order chi connectivity index (χ0) is 12.8. The maximum atomic E-state index is 11.4. The first kappa shape index (κ1) is 13.0. The SMILES string of the molecule is O=C(O)CNC(=O)CNC(=O)c1ccoc1Cl. The van der Waals surface area contributed by atoms with E-state index >= 15 is 0 Å². The van der Waals surface area contributed by atoms with Crippen LogP contribution in [0.15, 0.2) is 16.7 Å². The van der Waals surface area contributed by atoms with Gasteiger partial charge >= 0.3 is 5.97 Å². The van der Waals surface area contributed by atoms with Gasteiger partial charge in [-0.15, -0.1) is 0 Å². The molecular formula is C9H9ClN2O5. The molecule has 1 aromatic heterocycles. The van der Waals surface area contributed by atoms with Gasteiger partial charge in [-0.05, 0) is 17.7 Å². The second-order valence-corrected chi connectivity index (χ2v) is 3.30. The molecule has 1 rings (SSSR count). The first-order chi connectivity index (χ1) is 8.00. The van der Waals surface area contributed by atoms with E-state index in [0.29, 0.717) is 0 Å². The van der Waals surface area contributed by atoms with Crippen LogP contribution < -0.4 is 10.6 Å². The first-order valence-electron chi connectivity index (χ1n) is 4.50. The average Bonchev–Trinajstić information content (AvgIpc) is 2.69. The van der Waals surface area contributed by atoms with Crippen molar-refractivity contribution in [1.82, 2.24) is 10.6 Å². The lowest BCUT2D eigenvalue weighted by Gasteiger charge is -2.03. The second-order valence-electron chi connectivity index (χ2n) is 2.96. The smallest absolute Gasteiger partial charge is 0.322 e. The van der Waals surface area contributed by atoms with Crippen molar-refractivity contribution in [2.75, 3.05) is 13.1 Å². The Morgan fingerprint density at radius 3 is 2.53 bits per heavy atom. The number of rotatable bonds is 5. The van der Waals surface area contributed by atoms with Crippen molar-refractivity contribution in [2.45, 2.75) is 0 Å². The number of carboxylic acids is 1. The van der Waals surface area contributed by atoms with Crippen LogP contribution in [0.3, 0.4) is 0 Å². The van der Waals surface area contributed by atoms with Gasteiger partial charge < -0.3 is 20.2 Å². The highest BCUT2D eigenvalue weighted by Gasteiger charge is 2.13. The van der Waals surface area contributed by atoms with Gasteiger partial charge in [0.15, 0.2) is 0 Å². The van der Waals surface area contributed by atoms with Crippen LogP contribution >= 0.6 is 11.6 Å². The summed E-state index contributed by atoms with van der Waals surface area (Å²) in [5, 5.41) is 12.6. The summed E-state index contributed by atoms with van der Waals surface area (Å²) < 4.78 is 4.70. The maximum Gasteiger partial charge on any atom is 0.322 e. The van der Waals surface area contributed by atoms with Crippen LogP contribution in [-0.2, 0) is 9.59 Å². The third-order valence-corrected chi connectivity index (χ3v) is 2.00. The number of carboxylic acid groups (broad SMARTS) is 1. The molecule has 1 heterocycles. The highest BCUT2D eigenvalue weighted by molar-refractivity contribution is 6.32. The predicted octanol–water partition coefficient (Wildman–Crippen LogP) is -0.136. The maximum absolute atomic E-state index is 11.4. The minimum absolute atomic E-state index is 0.0755. The van der Waals surface area contributed by atoms with Crippen LogP contribution in [0.1, 0.15) is 10.4 Å². The van der Waals surface area contributed by atoms with E-state index in [2.05, 4.69) is 10.6 Å². The van der Waals surface area contributed by atoms with E-state index in [1.54, 1.807) is 0 Å². The molecule has 0 spiro atoms. The molecule has 92 valence electrons. The Morgan fingerprint density at radius 1 is 1.29 bits per heavy atom. The molecule has 0 aliphatic carbocycles. The topological polar surface area (TPSA) is 109 Å². The lowest BCUT2D eigenvalue weighted by Crippen LogP contribution is -2.38. The molecule has 7 nitrogen and oxygen atoms in total. The summed E-state index contributed by atoms with van der Waals surface area (Å²) in [4.78, 5) is 32.6. The van der Waals surface area contributed by atoms with Gasteiger partial charge in [0, 0.05) is 0 Å². The number of carbonyl (C=O) groups is 3. The Kier molecular flexibility index (Phi) is 4.53. The van der Waals surface area contributed by atoms with Gasteiger partial charge in [-0.25, -0.2) is 0 Å². The van der Waals surface area contributed by atoms with E-state index in [0.717, 1.165) is 0 Å². The fraction of sp³-hybridized carbons (Fsp3) is 0.222. The van der Waals surface area contributed by atoms with Crippen molar-refractivity contribution < 1.29 is 23.9 Å². The summed E-state index contributed by atoms with van der Waals surface area (Å²) in [6.45, 7) is -0.838. The predicted molar refractivity (Wildman–Crippen MR) is 56.7 cm³/mol. The number of nitrogens with one attached hydrogen (secondary N) is 2. The van der Waals surface area contributed by atoms with E-state index in [1.165, 1.54) is 12.3 Å². The van der Waals surface area contributed by atoms with Crippen molar-refractivity contribution in [1.29, 1.82) is 0 Å². The minimum atomic E-state index is -1.16. The molecule has 0 bridgehead atoms. The molecule has 0 atom stereocenters. The number of halogens is 1. The van der Waals surface area contributed by atoms with E-state index in [1.807, 2.05) is 0 Å². The number of carbonyl (C=O) groups excluding carboxylic acids is 2. The summed E-state index contributed by atoms with van der Waals surface area (Å²) in [5.74, 6) is -2.35. The van der Waals surface area contributed by atoms with Crippen LogP contribution in [0.4, 0.5) is 0 Å². The summed E-state index contributed by atoms with van der Waals surface area (Å²) >= 11 is 5.55. The van der Waals surface area contributed by atoms with Crippen molar-refractivity contribution in [3.8, 4) is 0 Å². The Hall–Kier alpha value is -2.02. The number of furan rings is 1. The Balaban J connectivity index is 2.36. The molecule has 0 fully saturated rings. The number of amides is 2. The minimum Gasteiger partial charge on any atom is -0.480 e. The first-order valence-corrected chi connectivity index (χ1v) is 4.88. The third-order valence-electron chi connectivity index (χ3n) is 1.71. The fourth-order valence-electron chi connectivity index (χ4n) is 0.948. The molecule has 0 saturated heterocycles. The lowest BCUT2D eigenvalue weighted by molar-refractivity contribution is -0.137. The highest BCUT2D eigenvalue weighted by atomic mass is 35.5. The highest BCUT2D eigenvalue weighted by Crippen LogP contribution is 2.15. The standard InChI is InChI=1S/C9H9ClN2O5/c10-8-5(1-2-17-8)9(16)12-3-6(13)11-4-7(14)15/h1-2H,3-4H2,(H,11,13)(H,12,16)(H,14,15). The zero-order valence-corrected chi connectivity index (χ0v) is 9.28. The molecule has 2 amide bonds. The van der Waals surface area contributed by atoms with E-state index in [9.17, 15) is 14.4 Å². The molecular weight excluding hydrogens is 252 g/mol. The Morgan fingerprint density at radius 2 is 2.00 bits per heavy atom. The second kappa shape index (κ2) is 5.90. The summed E-state index contributed by atoms with van der Waals surface area (Å²) in [7, 11) is 0. The van der Waals surface area contributed by atoms with Gasteiger partial charge in [0.05, 0.1) is 18.4 Å². The zero-order valence-electron chi connectivity index (χ0n) is 8.53. The number of aliphatic carboxylic acids is 1. The Labute approximate surface area is 101 Å². The van der Waals surface area contributed by atoms with Gasteiger partial charge in [-0.1, -0.05) is 0 Å². The van der Waals surface area contributed by atoms with Crippen LogP contribution in [0.2, 0.25) is 5.22 Å². The van der Waals surface area contributed by atoms with Crippen LogP contribution in [0, 0.1) is 0 Å². The molecule has 0 aliphatic heterocycles. The van der Waals surface area contributed by atoms with Gasteiger partial charge in [0.2, 0.25) is 11.1 Å². The molecule has 0 unspecified atom stereocenters. The van der Waals surface area contributed by atoms with Crippen LogP contribution in [-0.4, -0.2) is 36.0 Å². The molecule has 0 radical (unpaired) electrons. The quantitative estimate of drug-likeness (QED) is 0.683. The van der Waals surface area contributed by atoms with Crippen LogP contribution in [0.5, 0.6) is 0 Å². The van der Waals surface area contributed by atoms with Crippen molar-refractivity contribution in [3.05, 3.63) is 23.1 Å². The van der Waals surface area contributed by atoms with Gasteiger partial charge in [-0.3, -0.25) is 14.4 Å². The molecule has 3 N–H and O–H groups in total. The van der Waals surface area contributed by atoms with Gasteiger partial charge in [0.1, 0.15) is 6.54 Å². The van der Waals surface area contributed by atoms with Crippen molar-refractivity contribution >= 4 is 29.4 Å². The molecule has 0 aromatic carbocycles. The molecule has 8 heteroatoms. The molecule has 0 aliphatic rings. The van der Waals surface area contributed by atoms with Gasteiger partial charge in [0.25, 0.3) is 5.91 Å². The van der Waals surface area contributed by atoms with Gasteiger partial charge in [-0.2, -0.15) is 0 Å². The molecule has 17 heavy (non-hydrogen) atoms. The van der Waals surface area contributed by atoms with E-state index < -0.39 is 24.3 Å². The summed E-state index contributed by atoms with van der Waals surface area (Å²) in [5.41, 5.74) is 0.109. The molecule has 0 saturated carbocycles. The van der Waals surface area contributed by atoms with Crippen molar-refractivity contribution in [3.63, 3.8) is 0 Å². The summed E-state index contributed by atoms with van der Waals surface area (Å²) in [6.07, 6.45) is 1.24. The Bertz CT molecular complexity index is 442. The number of hydrogen-bond acceptors (Lipinski definition) is 4. The molecule has 1 aromatic rings. The van der Waals surface area contributed by atoms with E-state index in [4.69, 9.17) is 21.1 Å². The fourth-order valence-corrected chi connectivity index (χ4v) is 1.15. The van der Waals surface area contributed by atoms with Crippen LogP contribution in [0.25, 0.3) is 0 Å². The van der Waals surface area contributed by atoms with Crippen molar-refractivity contribution in [2.24, 2.45) is 0 Å². The van der Waals surface area contributed by atoms with E-state index in [-0.39, 0.29) is 17.3 Å². The monoisotopic (exact) mass is 260 g/mol. The largest absolute Gasteiger partial charge is 0.480 e. The normalized spacial score (nSPS) is 9.71. The summed E-state index contributed by atoms with van der Waals surface area (Å²) in [6, 6.07) is 1.35. The number of hydrogen-bond donors (Lipinski definition) is 3. The lowest BCUT2D eigenvalue weighted by atomic mass is 10.3. The average molecular weight is 261 g/mol. The third kappa shape index (κ3) is 4.15.